The Morgan fingerprint density at radius 2 is 1.87 bits per heavy atom. The minimum absolute atomic E-state index is 0.296. The average Bonchev–Trinajstić information content (AvgIpc) is 2.18. The first-order chi connectivity index (χ1) is 7.04. The molecule has 0 spiro atoms. The Labute approximate surface area is 92.3 Å². The number of nitrogens with zero attached hydrogens (tertiary/aromatic N) is 2. The number of rotatable bonds is 4. The van der Waals surface area contributed by atoms with E-state index in [0.717, 1.165) is 12.8 Å². The van der Waals surface area contributed by atoms with Crippen molar-refractivity contribution in [1.29, 1.82) is 0 Å². The first-order valence-corrected chi connectivity index (χ1v) is 5.45. The summed E-state index contributed by atoms with van der Waals surface area (Å²) in [5.74, 6) is 0. The van der Waals surface area contributed by atoms with Crippen molar-refractivity contribution < 1.29 is 0 Å². The summed E-state index contributed by atoms with van der Waals surface area (Å²) in [6.07, 6.45) is 7.50. The molecule has 1 atom stereocenters. The van der Waals surface area contributed by atoms with Gasteiger partial charge in [-0.2, -0.15) is 0 Å². The van der Waals surface area contributed by atoms with E-state index < -0.39 is 0 Å². The van der Waals surface area contributed by atoms with Gasteiger partial charge >= 0.3 is 0 Å². The molecule has 0 aromatic carbocycles. The van der Waals surface area contributed by atoms with E-state index in [1.165, 1.54) is 5.56 Å². The fourth-order valence-corrected chi connectivity index (χ4v) is 1.78. The largest absolute Gasteiger partial charge is 0.316 e. The third kappa shape index (κ3) is 3.96. The second-order valence-corrected chi connectivity index (χ2v) is 4.99. The van der Waals surface area contributed by atoms with E-state index in [2.05, 4.69) is 36.1 Å². The summed E-state index contributed by atoms with van der Waals surface area (Å²) in [7, 11) is 2.03. The SMILES string of the molecule is CNC(CCc1cncnc1)C(C)(C)C. The molecule has 1 heterocycles. The van der Waals surface area contributed by atoms with Gasteiger partial charge < -0.3 is 5.32 Å². The Morgan fingerprint density at radius 1 is 1.27 bits per heavy atom. The minimum Gasteiger partial charge on any atom is -0.316 e. The third-order valence-electron chi connectivity index (χ3n) is 2.73. The van der Waals surface area contributed by atoms with Gasteiger partial charge in [0.15, 0.2) is 0 Å². The maximum Gasteiger partial charge on any atom is 0.115 e. The van der Waals surface area contributed by atoms with Gasteiger partial charge in [0.2, 0.25) is 0 Å². The molecule has 0 aliphatic carbocycles. The van der Waals surface area contributed by atoms with Crippen molar-refractivity contribution in [3.8, 4) is 0 Å². The predicted octanol–water partition coefficient (Wildman–Crippen LogP) is 2.04. The number of hydrogen-bond donors (Lipinski definition) is 1. The first-order valence-electron chi connectivity index (χ1n) is 5.45. The summed E-state index contributed by atoms with van der Waals surface area (Å²) in [4.78, 5) is 8.04. The molecule has 0 saturated carbocycles. The molecule has 1 rings (SSSR count). The van der Waals surface area contributed by atoms with Crippen LogP contribution in [0.4, 0.5) is 0 Å². The molecular weight excluding hydrogens is 186 g/mol. The van der Waals surface area contributed by atoms with Crippen molar-refractivity contribution in [2.45, 2.75) is 39.7 Å². The fraction of sp³-hybridized carbons (Fsp3) is 0.667. The van der Waals surface area contributed by atoms with E-state index in [1.807, 2.05) is 19.4 Å². The van der Waals surface area contributed by atoms with Gasteiger partial charge in [-0.05, 0) is 30.9 Å². The van der Waals surface area contributed by atoms with Crippen LogP contribution in [0, 0.1) is 5.41 Å². The Kier molecular flexibility index (Phi) is 4.21. The zero-order valence-electron chi connectivity index (χ0n) is 10.1. The summed E-state index contributed by atoms with van der Waals surface area (Å²) < 4.78 is 0. The van der Waals surface area contributed by atoms with Crippen LogP contribution in [0.25, 0.3) is 0 Å². The van der Waals surface area contributed by atoms with Crippen LogP contribution in [-0.4, -0.2) is 23.1 Å². The summed E-state index contributed by atoms with van der Waals surface area (Å²) in [5.41, 5.74) is 1.51. The monoisotopic (exact) mass is 207 g/mol. The lowest BCUT2D eigenvalue weighted by atomic mass is 9.83. The molecule has 84 valence electrons. The standard InChI is InChI=1S/C12H21N3/c1-12(2,3)11(13-4)6-5-10-7-14-9-15-8-10/h7-9,11,13H,5-6H2,1-4H3. The molecule has 1 aromatic rings. The molecular formula is C12H21N3. The molecule has 1 N–H and O–H groups in total. The summed E-state index contributed by atoms with van der Waals surface area (Å²) in [6.45, 7) is 6.78. The highest BCUT2D eigenvalue weighted by Crippen LogP contribution is 2.22. The van der Waals surface area contributed by atoms with Crippen LogP contribution in [0.2, 0.25) is 0 Å². The number of hydrogen-bond acceptors (Lipinski definition) is 3. The molecule has 0 bridgehead atoms. The normalized spacial score (nSPS) is 13.9. The maximum absolute atomic E-state index is 4.02. The van der Waals surface area contributed by atoms with Crippen LogP contribution >= 0.6 is 0 Å². The molecule has 0 amide bonds. The van der Waals surface area contributed by atoms with E-state index in [9.17, 15) is 0 Å². The summed E-state index contributed by atoms with van der Waals surface area (Å²) in [6, 6.07) is 0.526. The van der Waals surface area contributed by atoms with E-state index in [0.29, 0.717) is 11.5 Å². The van der Waals surface area contributed by atoms with Gasteiger partial charge in [-0.3, -0.25) is 0 Å². The molecule has 1 aromatic heterocycles. The molecule has 0 fully saturated rings. The van der Waals surface area contributed by atoms with Crippen LogP contribution in [0.15, 0.2) is 18.7 Å². The molecule has 0 aliphatic heterocycles. The Bertz CT molecular complexity index is 277. The highest BCUT2D eigenvalue weighted by molar-refractivity contribution is 5.03. The van der Waals surface area contributed by atoms with Crippen LogP contribution < -0.4 is 5.32 Å². The fourth-order valence-electron chi connectivity index (χ4n) is 1.78. The van der Waals surface area contributed by atoms with Crippen molar-refractivity contribution in [1.82, 2.24) is 15.3 Å². The van der Waals surface area contributed by atoms with E-state index in [1.54, 1.807) is 6.33 Å². The topological polar surface area (TPSA) is 37.8 Å². The maximum atomic E-state index is 4.02. The van der Waals surface area contributed by atoms with Gasteiger partial charge in [-0.15, -0.1) is 0 Å². The zero-order valence-corrected chi connectivity index (χ0v) is 10.1. The van der Waals surface area contributed by atoms with E-state index in [-0.39, 0.29) is 0 Å². The molecule has 3 nitrogen and oxygen atoms in total. The van der Waals surface area contributed by atoms with Gasteiger partial charge in [-0.1, -0.05) is 20.8 Å². The second-order valence-electron chi connectivity index (χ2n) is 4.99. The highest BCUT2D eigenvalue weighted by Gasteiger charge is 2.22. The van der Waals surface area contributed by atoms with Crippen LogP contribution in [0.5, 0.6) is 0 Å². The van der Waals surface area contributed by atoms with Gasteiger partial charge in [0.05, 0.1) is 0 Å². The van der Waals surface area contributed by atoms with E-state index >= 15 is 0 Å². The number of aromatic nitrogens is 2. The van der Waals surface area contributed by atoms with Crippen molar-refractivity contribution in [3.05, 3.63) is 24.3 Å². The van der Waals surface area contributed by atoms with Gasteiger partial charge in [0, 0.05) is 18.4 Å². The first kappa shape index (κ1) is 12.1. The molecule has 15 heavy (non-hydrogen) atoms. The van der Waals surface area contributed by atoms with Gasteiger partial charge in [-0.25, -0.2) is 9.97 Å². The summed E-state index contributed by atoms with van der Waals surface area (Å²) in [5, 5.41) is 3.37. The van der Waals surface area contributed by atoms with Gasteiger partial charge in [0.1, 0.15) is 6.33 Å². The van der Waals surface area contributed by atoms with Crippen molar-refractivity contribution in [3.63, 3.8) is 0 Å². The van der Waals surface area contributed by atoms with Crippen LogP contribution in [-0.2, 0) is 6.42 Å². The lowest BCUT2D eigenvalue weighted by Crippen LogP contribution is -2.38. The molecule has 3 heteroatoms. The third-order valence-corrected chi connectivity index (χ3v) is 2.73. The van der Waals surface area contributed by atoms with Crippen molar-refractivity contribution in [2.24, 2.45) is 5.41 Å². The second kappa shape index (κ2) is 5.21. The van der Waals surface area contributed by atoms with Crippen molar-refractivity contribution >= 4 is 0 Å². The van der Waals surface area contributed by atoms with Crippen LogP contribution in [0.3, 0.4) is 0 Å². The Morgan fingerprint density at radius 3 is 2.33 bits per heavy atom. The highest BCUT2D eigenvalue weighted by atomic mass is 14.9. The molecule has 1 unspecified atom stereocenters. The smallest absolute Gasteiger partial charge is 0.115 e. The lowest BCUT2D eigenvalue weighted by molar-refractivity contribution is 0.268. The van der Waals surface area contributed by atoms with Crippen LogP contribution in [0.1, 0.15) is 32.8 Å². The van der Waals surface area contributed by atoms with E-state index in [4.69, 9.17) is 0 Å². The lowest BCUT2D eigenvalue weighted by Gasteiger charge is -2.30. The number of aryl methyl sites for hydroxylation is 1. The van der Waals surface area contributed by atoms with Crippen molar-refractivity contribution in [2.75, 3.05) is 7.05 Å². The molecule has 0 saturated heterocycles. The zero-order chi connectivity index (χ0) is 11.3. The minimum atomic E-state index is 0.296. The number of nitrogens with one attached hydrogen (secondary N) is 1. The summed E-state index contributed by atoms with van der Waals surface area (Å²) >= 11 is 0. The molecule has 0 radical (unpaired) electrons. The molecule has 0 aliphatic rings. The Balaban J connectivity index is 2.49. The Hall–Kier alpha value is -0.960. The van der Waals surface area contributed by atoms with Gasteiger partial charge in [0.25, 0.3) is 0 Å². The average molecular weight is 207 g/mol. The quantitative estimate of drug-likeness (QED) is 0.821. The predicted molar refractivity (Wildman–Crippen MR) is 62.7 cm³/mol.